The van der Waals surface area contributed by atoms with Crippen molar-refractivity contribution in [3.8, 4) is 0 Å². The lowest BCUT2D eigenvalue weighted by Gasteiger charge is -2.13. The van der Waals surface area contributed by atoms with Crippen LogP contribution in [0, 0.1) is 0 Å². The van der Waals surface area contributed by atoms with Crippen molar-refractivity contribution in [1.82, 2.24) is 14.8 Å². The highest BCUT2D eigenvalue weighted by Gasteiger charge is 2.30. The number of alkyl halides is 3. The van der Waals surface area contributed by atoms with E-state index in [0.29, 0.717) is 12.4 Å². The lowest BCUT2D eigenvalue weighted by Crippen LogP contribution is -2.30. The molecule has 4 nitrogen and oxygen atoms in total. The summed E-state index contributed by atoms with van der Waals surface area (Å²) in [5.74, 6) is 0.513. The zero-order chi connectivity index (χ0) is 12.2. The van der Waals surface area contributed by atoms with E-state index in [-0.39, 0.29) is 6.42 Å². The minimum Gasteiger partial charge on any atom is -0.327 e. The van der Waals surface area contributed by atoms with E-state index in [2.05, 4.69) is 10.1 Å². The number of nitrogens with zero attached hydrogens (tertiary/aromatic N) is 3. The largest absolute Gasteiger partial charge is 0.390 e. The lowest BCUT2D eigenvalue weighted by molar-refractivity contribution is -0.138. The summed E-state index contributed by atoms with van der Waals surface area (Å²) in [7, 11) is 0. The summed E-state index contributed by atoms with van der Waals surface area (Å²) < 4.78 is 37.8. The molecular weight excluding hydrogens is 221 g/mol. The van der Waals surface area contributed by atoms with Gasteiger partial charge in [-0.15, -0.1) is 0 Å². The Hall–Kier alpha value is -1.11. The first-order chi connectivity index (χ1) is 7.42. The fraction of sp³-hybridized carbons (Fsp3) is 0.778. The van der Waals surface area contributed by atoms with Crippen LogP contribution in [-0.2, 0) is 13.0 Å². The molecule has 0 aromatic carbocycles. The van der Waals surface area contributed by atoms with E-state index in [1.807, 2.05) is 6.92 Å². The third-order valence-electron chi connectivity index (χ3n) is 2.07. The van der Waals surface area contributed by atoms with Crippen LogP contribution in [-0.4, -0.2) is 27.0 Å². The standard InChI is InChI=1S/C9H15F3N4/c1-2-3-16-8(14-6-15-16)4-7(13)5-9(10,11)12/h6-7H,2-5,13H2,1H3. The first kappa shape index (κ1) is 13.0. The Bertz CT molecular complexity index is 321. The summed E-state index contributed by atoms with van der Waals surface area (Å²) >= 11 is 0. The fourth-order valence-electron chi connectivity index (χ4n) is 1.45. The third kappa shape index (κ3) is 4.18. The second kappa shape index (κ2) is 5.29. The molecule has 1 aromatic heterocycles. The average molecular weight is 236 g/mol. The molecule has 16 heavy (non-hydrogen) atoms. The molecule has 0 fully saturated rings. The molecule has 1 unspecified atom stereocenters. The molecule has 0 amide bonds. The summed E-state index contributed by atoms with van der Waals surface area (Å²) in [6, 6.07) is -0.959. The van der Waals surface area contributed by atoms with Crippen LogP contribution in [0.1, 0.15) is 25.6 Å². The molecule has 1 atom stereocenters. The Morgan fingerprint density at radius 3 is 2.75 bits per heavy atom. The van der Waals surface area contributed by atoms with Crippen molar-refractivity contribution in [2.24, 2.45) is 5.73 Å². The van der Waals surface area contributed by atoms with Crippen molar-refractivity contribution >= 4 is 0 Å². The SMILES string of the molecule is CCCn1ncnc1CC(N)CC(F)(F)F. The van der Waals surface area contributed by atoms with Crippen LogP contribution in [0.5, 0.6) is 0 Å². The second-order valence-electron chi connectivity index (χ2n) is 3.68. The molecule has 1 aromatic rings. The van der Waals surface area contributed by atoms with Crippen LogP contribution in [0.15, 0.2) is 6.33 Å². The Kier molecular flexibility index (Phi) is 4.28. The van der Waals surface area contributed by atoms with Crippen molar-refractivity contribution in [3.05, 3.63) is 12.2 Å². The van der Waals surface area contributed by atoms with Crippen molar-refractivity contribution in [1.29, 1.82) is 0 Å². The molecular formula is C9H15F3N4. The molecule has 0 aliphatic carbocycles. The number of halogens is 3. The van der Waals surface area contributed by atoms with Gasteiger partial charge in [0.15, 0.2) is 0 Å². The van der Waals surface area contributed by atoms with Crippen molar-refractivity contribution in [3.63, 3.8) is 0 Å². The number of hydrogen-bond acceptors (Lipinski definition) is 3. The fourth-order valence-corrected chi connectivity index (χ4v) is 1.45. The van der Waals surface area contributed by atoms with Gasteiger partial charge in [-0.2, -0.15) is 18.3 Å². The Labute approximate surface area is 91.6 Å². The van der Waals surface area contributed by atoms with Gasteiger partial charge < -0.3 is 5.73 Å². The zero-order valence-electron chi connectivity index (χ0n) is 9.04. The molecule has 0 bridgehead atoms. The summed E-state index contributed by atoms with van der Waals surface area (Å²) in [6.07, 6.45) is -2.93. The highest BCUT2D eigenvalue weighted by molar-refractivity contribution is 4.89. The van der Waals surface area contributed by atoms with E-state index in [0.717, 1.165) is 6.42 Å². The van der Waals surface area contributed by atoms with Gasteiger partial charge in [-0.3, -0.25) is 4.68 Å². The van der Waals surface area contributed by atoms with Crippen molar-refractivity contribution < 1.29 is 13.2 Å². The minimum absolute atomic E-state index is 0.0967. The van der Waals surface area contributed by atoms with Crippen LogP contribution < -0.4 is 5.73 Å². The Morgan fingerprint density at radius 2 is 2.19 bits per heavy atom. The van der Waals surface area contributed by atoms with Gasteiger partial charge in [0.2, 0.25) is 0 Å². The average Bonchev–Trinajstić information content (AvgIpc) is 2.50. The third-order valence-corrected chi connectivity index (χ3v) is 2.07. The number of aromatic nitrogens is 3. The van der Waals surface area contributed by atoms with Gasteiger partial charge in [-0.05, 0) is 6.42 Å². The van der Waals surface area contributed by atoms with Crippen molar-refractivity contribution in [2.75, 3.05) is 0 Å². The van der Waals surface area contributed by atoms with Crippen LogP contribution in [0.25, 0.3) is 0 Å². The molecule has 1 rings (SSSR count). The van der Waals surface area contributed by atoms with E-state index in [9.17, 15) is 13.2 Å². The summed E-state index contributed by atoms with van der Waals surface area (Å²) in [5, 5.41) is 3.92. The monoisotopic (exact) mass is 236 g/mol. The van der Waals surface area contributed by atoms with E-state index in [1.54, 1.807) is 4.68 Å². The first-order valence-electron chi connectivity index (χ1n) is 5.11. The quantitative estimate of drug-likeness (QED) is 0.843. The predicted octanol–water partition coefficient (Wildman–Crippen LogP) is 1.51. The second-order valence-corrected chi connectivity index (χ2v) is 3.68. The normalized spacial score (nSPS) is 14.1. The smallest absolute Gasteiger partial charge is 0.327 e. The van der Waals surface area contributed by atoms with Gasteiger partial charge in [0.25, 0.3) is 0 Å². The molecule has 0 spiro atoms. The summed E-state index contributed by atoms with van der Waals surface area (Å²) in [5.41, 5.74) is 5.41. The number of aryl methyl sites for hydroxylation is 1. The van der Waals surface area contributed by atoms with Gasteiger partial charge >= 0.3 is 6.18 Å². The predicted molar refractivity (Wildman–Crippen MR) is 52.7 cm³/mol. The van der Waals surface area contributed by atoms with Gasteiger partial charge in [0, 0.05) is 19.0 Å². The molecule has 2 N–H and O–H groups in total. The zero-order valence-corrected chi connectivity index (χ0v) is 9.04. The molecule has 7 heteroatoms. The molecule has 0 saturated carbocycles. The van der Waals surface area contributed by atoms with E-state index in [1.165, 1.54) is 6.33 Å². The maximum Gasteiger partial charge on any atom is 0.390 e. The maximum absolute atomic E-state index is 12.1. The topological polar surface area (TPSA) is 56.7 Å². The molecule has 0 aliphatic heterocycles. The number of rotatable bonds is 5. The van der Waals surface area contributed by atoms with Gasteiger partial charge in [0.05, 0.1) is 6.42 Å². The maximum atomic E-state index is 12.1. The Morgan fingerprint density at radius 1 is 1.50 bits per heavy atom. The molecule has 92 valence electrons. The van der Waals surface area contributed by atoms with E-state index >= 15 is 0 Å². The van der Waals surface area contributed by atoms with Crippen LogP contribution in [0.3, 0.4) is 0 Å². The minimum atomic E-state index is -4.23. The van der Waals surface area contributed by atoms with E-state index < -0.39 is 18.6 Å². The molecule has 0 aliphatic rings. The molecule has 0 radical (unpaired) electrons. The Balaban J connectivity index is 2.55. The first-order valence-corrected chi connectivity index (χ1v) is 5.11. The van der Waals surface area contributed by atoms with E-state index in [4.69, 9.17) is 5.73 Å². The summed E-state index contributed by atoms with van der Waals surface area (Å²) in [4.78, 5) is 3.91. The molecule has 1 heterocycles. The lowest BCUT2D eigenvalue weighted by atomic mass is 10.1. The number of nitrogens with two attached hydrogens (primary N) is 1. The highest BCUT2D eigenvalue weighted by Crippen LogP contribution is 2.21. The van der Waals surface area contributed by atoms with Gasteiger partial charge in [-0.1, -0.05) is 6.92 Å². The number of hydrogen-bond donors (Lipinski definition) is 1. The van der Waals surface area contributed by atoms with Crippen LogP contribution in [0.4, 0.5) is 13.2 Å². The van der Waals surface area contributed by atoms with Crippen LogP contribution in [0.2, 0.25) is 0 Å². The summed E-state index contributed by atoms with van der Waals surface area (Å²) in [6.45, 7) is 2.61. The highest BCUT2D eigenvalue weighted by atomic mass is 19.4. The molecule has 0 saturated heterocycles. The van der Waals surface area contributed by atoms with Gasteiger partial charge in [0.1, 0.15) is 12.2 Å². The van der Waals surface area contributed by atoms with Crippen molar-refractivity contribution in [2.45, 2.75) is 44.9 Å². The van der Waals surface area contributed by atoms with Gasteiger partial charge in [-0.25, -0.2) is 4.98 Å². The van der Waals surface area contributed by atoms with Crippen LogP contribution >= 0.6 is 0 Å².